The number of ether oxygens (including phenoxy) is 2. The quantitative estimate of drug-likeness (QED) is 0.839. The molecule has 0 aliphatic carbocycles. The molecule has 1 N–H and O–H groups in total. The smallest absolute Gasteiger partial charge is 0.261 e. The van der Waals surface area contributed by atoms with Gasteiger partial charge in [0.15, 0.2) is 17.6 Å². The molecule has 21 heavy (non-hydrogen) atoms. The van der Waals surface area contributed by atoms with Crippen molar-refractivity contribution in [2.75, 3.05) is 7.11 Å². The van der Waals surface area contributed by atoms with Crippen molar-refractivity contribution in [3.05, 3.63) is 24.3 Å². The zero-order valence-electron chi connectivity index (χ0n) is 13.8. The van der Waals surface area contributed by atoms with E-state index in [1.54, 1.807) is 20.1 Å². The van der Waals surface area contributed by atoms with Crippen LogP contribution in [-0.2, 0) is 4.79 Å². The molecule has 4 heteroatoms. The van der Waals surface area contributed by atoms with E-state index >= 15 is 0 Å². The molecule has 1 rings (SSSR count). The molecule has 0 aliphatic heterocycles. The Balaban J connectivity index is 2.70. The summed E-state index contributed by atoms with van der Waals surface area (Å²) < 4.78 is 10.9. The van der Waals surface area contributed by atoms with Gasteiger partial charge >= 0.3 is 0 Å². The lowest BCUT2D eigenvalue weighted by atomic mass is 9.93. The van der Waals surface area contributed by atoms with E-state index in [1.807, 2.05) is 18.2 Å². The van der Waals surface area contributed by atoms with E-state index in [1.165, 1.54) is 0 Å². The van der Waals surface area contributed by atoms with Gasteiger partial charge in [-0.15, -0.1) is 0 Å². The summed E-state index contributed by atoms with van der Waals surface area (Å²) in [5.74, 6) is 1.86. The van der Waals surface area contributed by atoms with Crippen LogP contribution in [0.15, 0.2) is 24.3 Å². The van der Waals surface area contributed by atoms with Crippen LogP contribution in [0.25, 0.3) is 0 Å². The molecule has 0 saturated heterocycles. The van der Waals surface area contributed by atoms with Crippen LogP contribution in [-0.4, -0.2) is 25.2 Å². The Bertz CT molecular complexity index is 449. The number of hydrogen-bond acceptors (Lipinski definition) is 3. The number of para-hydroxylation sites is 2. The third-order valence-corrected chi connectivity index (χ3v) is 3.49. The van der Waals surface area contributed by atoms with Crippen LogP contribution in [0.4, 0.5) is 0 Å². The van der Waals surface area contributed by atoms with Crippen LogP contribution >= 0.6 is 0 Å². The SMILES string of the molecule is COc1ccccc1O[C@H](C)C(=O)NC(C(C)C)C(C)C. The van der Waals surface area contributed by atoms with Gasteiger partial charge in [0, 0.05) is 6.04 Å². The highest BCUT2D eigenvalue weighted by Crippen LogP contribution is 2.26. The fraction of sp³-hybridized carbons (Fsp3) is 0.588. The summed E-state index contributed by atoms with van der Waals surface area (Å²) in [5.41, 5.74) is 0. The second-order valence-corrected chi connectivity index (χ2v) is 5.93. The predicted octanol–water partition coefficient (Wildman–Crippen LogP) is 3.26. The molecule has 0 aliphatic rings. The van der Waals surface area contributed by atoms with E-state index in [-0.39, 0.29) is 11.9 Å². The van der Waals surface area contributed by atoms with Crippen molar-refractivity contribution in [2.45, 2.75) is 46.8 Å². The summed E-state index contributed by atoms with van der Waals surface area (Å²) >= 11 is 0. The lowest BCUT2D eigenvalue weighted by molar-refractivity contribution is -0.128. The minimum atomic E-state index is -0.568. The van der Waals surface area contributed by atoms with Crippen LogP contribution < -0.4 is 14.8 Å². The van der Waals surface area contributed by atoms with Gasteiger partial charge in [-0.25, -0.2) is 0 Å². The Kier molecular flexibility index (Phi) is 6.53. The molecule has 0 saturated carbocycles. The van der Waals surface area contributed by atoms with Gasteiger partial charge in [-0.1, -0.05) is 39.8 Å². The summed E-state index contributed by atoms with van der Waals surface area (Å²) in [6, 6.07) is 7.47. The number of benzene rings is 1. The van der Waals surface area contributed by atoms with Gasteiger partial charge in [-0.2, -0.15) is 0 Å². The first kappa shape index (κ1) is 17.3. The number of methoxy groups -OCH3 is 1. The molecule has 0 spiro atoms. The Labute approximate surface area is 127 Å². The van der Waals surface area contributed by atoms with Crippen molar-refractivity contribution >= 4 is 5.91 Å². The first-order valence-electron chi connectivity index (χ1n) is 7.46. The molecule has 0 radical (unpaired) electrons. The molecule has 0 bridgehead atoms. The average molecular weight is 293 g/mol. The molecule has 0 fully saturated rings. The third kappa shape index (κ3) is 4.96. The van der Waals surface area contributed by atoms with Crippen molar-refractivity contribution in [1.82, 2.24) is 5.32 Å². The molecule has 1 atom stereocenters. The zero-order chi connectivity index (χ0) is 16.0. The van der Waals surface area contributed by atoms with Crippen LogP contribution in [0.5, 0.6) is 11.5 Å². The zero-order valence-corrected chi connectivity index (χ0v) is 13.8. The third-order valence-electron chi connectivity index (χ3n) is 3.49. The maximum Gasteiger partial charge on any atom is 0.261 e. The Hall–Kier alpha value is -1.71. The van der Waals surface area contributed by atoms with E-state index in [2.05, 4.69) is 33.0 Å². The molecular weight excluding hydrogens is 266 g/mol. The van der Waals surface area contributed by atoms with Gasteiger partial charge in [0.2, 0.25) is 0 Å². The predicted molar refractivity (Wildman–Crippen MR) is 84.7 cm³/mol. The van der Waals surface area contributed by atoms with E-state index in [9.17, 15) is 4.79 Å². The lowest BCUT2D eigenvalue weighted by Crippen LogP contribution is -2.47. The number of amides is 1. The molecule has 1 amide bonds. The molecule has 118 valence electrons. The highest BCUT2D eigenvalue weighted by molar-refractivity contribution is 5.81. The Morgan fingerprint density at radius 1 is 1.00 bits per heavy atom. The minimum Gasteiger partial charge on any atom is -0.493 e. The van der Waals surface area contributed by atoms with Gasteiger partial charge in [0.05, 0.1) is 7.11 Å². The summed E-state index contributed by atoms with van der Waals surface area (Å²) in [6.45, 7) is 10.2. The lowest BCUT2D eigenvalue weighted by Gasteiger charge is -2.27. The molecule has 4 nitrogen and oxygen atoms in total. The second kappa shape index (κ2) is 7.91. The molecule has 0 heterocycles. The second-order valence-electron chi connectivity index (χ2n) is 5.93. The molecule has 0 aromatic heterocycles. The Morgan fingerprint density at radius 2 is 1.52 bits per heavy atom. The van der Waals surface area contributed by atoms with Crippen molar-refractivity contribution in [1.29, 1.82) is 0 Å². The van der Waals surface area contributed by atoms with Gasteiger partial charge in [-0.3, -0.25) is 4.79 Å². The van der Waals surface area contributed by atoms with Crippen molar-refractivity contribution < 1.29 is 14.3 Å². The van der Waals surface area contributed by atoms with Gasteiger partial charge < -0.3 is 14.8 Å². The van der Waals surface area contributed by atoms with Crippen LogP contribution in [0.1, 0.15) is 34.6 Å². The molecule has 1 aromatic rings. The topological polar surface area (TPSA) is 47.6 Å². The maximum absolute atomic E-state index is 12.3. The number of carbonyl (C=O) groups excluding carboxylic acids is 1. The van der Waals surface area contributed by atoms with Crippen LogP contribution in [0, 0.1) is 11.8 Å². The van der Waals surface area contributed by atoms with E-state index in [0.29, 0.717) is 23.3 Å². The average Bonchev–Trinajstić information content (AvgIpc) is 2.44. The molecular formula is C17H27NO3. The molecule has 0 unspecified atom stereocenters. The number of rotatable bonds is 7. The van der Waals surface area contributed by atoms with Crippen molar-refractivity contribution in [2.24, 2.45) is 11.8 Å². The summed E-state index contributed by atoms with van der Waals surface area (Å²) in [6.07, 6.45) is -0.568. The first-order chi connectivity index (χ1) is 9.86. The van der Waals surface area contributed by atoms with E-state index < -0.39 is 6.10 Å². The molecule has 1 aromatic carbocycles. The highest BCUT2D eigenvalue weighted by atomic mass is 16.5. The Morgan fingerprint density at radius 3 is 2.00 bits per heavy atom. The summed E-state index contributed by atoms with van der Waals surface area (Å²) in [5, 5.41) is 3.07. The first-order valence-corrected chi connectivity index (χ1v) is 7.46. The largest absolute Gasteiger partial charge is 0.493 e. The number of hydrogen-bond donors (Lipinski definition) is 1. The fourth-order valence-electron chi connectivity index (χ4n) is 2.34. The van der Waals surface area contributed by atoms with Gasteiger partial charge in [0.1, 0.15) is 0 Å². The van der Waals surface area contributed by atoms with Crippen LogP contribution in [0.2, 0.25) is 0 Å². The fourth-order valence-corrected chi connectivity index (χ4v) is 2.34. The highest BCUT2D eigenvalue weighted by Gasteiger charge is 2.24. The van der Waals surface area contributed by atoms with Crippen molar-refractivity contribution in [3.8, 4) is 11.5 Å². The summed E-state index contributed by atoms with van der Waals surface area (Å²) in [4.78, 5) is 12.3. The van der Waals surface area contributed by atoms with Gasteiger partial charge in [-0.05, 0) is 30.9 Å². The number of nitrogens with one attached hydrogen (secondary N) is 1. The number of carbonyl (C=O) groups is 1. The van der Waals surface area contributed by atoms with E-state index in [4.69, 9.17) is 9.47 Å². The standard InChI is InChI=1S/C17H27NO3/c1-11(2)16(12(3)4)18-17(19)13(5)21-15-10-8-7-9-14(15)20-6/h7-13,16H,1-6H3,(H,18,19)/t13-/m1/s1. The minimum absolute atomic E-state index is 0.103. The van der Waals surface area contributed by atoms with Gasteiger partial charge in [0.25, 0.3) is 5.91 Å². The van der Waals surface area contributed by atoms with E-state index in [0.717, 1.165) is 0 Å². The normalized spacial score (nSPS) is 12.6. The monoisotopic (exact) mass is 293 g/mol. The van der Waals surface area contributed by atoms with Crippen molar-refractivity contribution in [3.63, 3.8) is 0 Å². The maximum atomic E-state index is 12.3. The summed E-state index contributed by atoms with van der Waals surface area (Å²) in [7, 11) is 1.58. The van der Waals surface area contributed by atoms with Crippen LogP contribution in [0.3, 0.4) is 0 Å².